The second-order valence-electron chi connectivity index (χ2n) is 4.91. The molecule has 0 atom stereocenters. The molecular weight excluding hydrogens is 290 g/mol. The fourth-order valence-electron chi connectivity index (χ4n) is 2.23. The van der Waals surface area contributed by atoms with E-state index in [2.05, 4.69) is 11.1 Å². The van der Waals surface area contributed by atoms with Gasteiger partial charge >= 0.3 is 0 Å². The monoisotopic (exact) mass is 305 g/mol. The summed E-state index contributed by atoms with van der Waals surface area (Å²) in [6, 6.07) is 15.7. The van der Waals surface area contributed by atoms with E-state index in [1.807, 2.05) is 61.0 Å². The summed E-state index contributed by atoms with van der Waals surface area (Å²) in [5.41, 5.74) is 1.71. The lowest BCUT2D eigenvalue weighted by Crippen LogP contribution is -1.93. The van der Waals surface area contributed by atoms with Crippen LogP contribution in [0.4, 0.5) is 0 Å². The lowest BCUT2D eigenvalue weighted by Gasteiger charge is -2.00. The summed E-state index contributed by atoms with van der Waals surface area (Å²) in [7, 11) is 0. The number of pyridine rings is 1. The highest BCUT2D eigenvalue weighted by molar-refractivity contribution is 7.98. The Hall–Kier alpha value is -2.39. The Morgan fingerprint density at radius 1 is 1.05 bits per heavy atom. The number of carbonyl (C=O) groups excluding carboxylic acids is 1. The summed E-state index contributed by atoms with van der Waals surface area (Å²) >= 11 is 1.67. The molecule has 22 heavy (non-hydrogen) atoms. The van der Waals surface area contributed by atoms with Crippen LogP contribution in [-0.4, -0.2) is 17.0 Å². The van der Waals surface area contributed by atoms with Crippen LogP contribution in [0, 0.1) is 0 Å². The molecule has 3 rings (SSSR count). The first-order valence-corrected chi connectivity index (χ1v) is 8.19. The molecule has 108 valence electrons. The van der Waals surface area contributed by atoms with Gasteiger partial charge in [0.05, 0.1) is 0 Å². The molecule has 0 spiro atoms. The van der Waals surface area contributed by atoms with Gasteiger partial charge in [0.1, 0.15) is 0 Å². The van der Waals surface area contributed by atoms with Crippen LogP contribution < -0.4 is 0 Å². The first kappa shape index (κ1) is 14.5. The zero-order chi connectivity index (χ0) is 15.4. The minimum atomic E-state index is 0.0162. The van der Waals surface area contributed by atoms with Crippen LogP contribution in [0.1, 0.15) is 15.9 Å². The molecule has 0 saturated heterocycles. The molecule has 0 aliphatic carbocycles. The number of hydrogen-bond donors (Lipinski definition) is 0. The summed E-state index contributed by atoms with van der Waals surface area (Å²) in [4.78, 5) is 17.4. The molecule has 0 aliphatic rings. The van der Waals surface area contributed by atoms with Crippen molar-refractivity contribution in [3.8, 4) is 0 Å². The minimum absolute atomic E-state index is 0.0162. The van der Waals surface area contributed by atoms with Crippen LogP contribution in [0.2, 0.25) is 0 Å². The molecule has 0 radical (unpaired) electrons. The average molecular weight is 305 g/mol. The fraction of sp³-hybridized carbons (Fsp3) is 0.0526. The van der Waals surface area contributed by atoms with Crippen molar-refractivity contribution in [3.05, 3.63) is 78.1 Å². The van der Waals surface area contributed by atoms with Crippen LogP contribution in [0.3, 0.4) is 0 Å². The molecule has 1 heterocycles. The maximum absolute atomic E-state index is 12.2. The fourth-order valence-corrected chi connectivity index (χ4v) is 2.64. The van der Waals surface area contributed by atoms with E-state index in [0.717, 1.165) is 21.2 Å². The van der Waals surface area contributed by atoms with E-state index in [4.69, 9.17) is 0 Å². The number of ketones is 1. The molecule has 0 saturated carbocycles. The number of fused-ring (bicyclic) bond motifs is 1. The molecule has 0 aliphatic heterocycles. The van der Waals surface area contributed by atoms with Crippen molar-refractivity contribution in [1.82, 2.24) is 4.98 Å². The van der Waals surface area contributed by atoms with E-state index < -0.39 is 0 Å². The van der Waals surface area contributed by atoms with Gasteiger partial charge in [0.15, 0.2) is 5.78 Å². The van der Waals surface area contributed by atoms with Gasteiger partial charge in [-0.15, -0.1) is 11.8 Å². The predicted molar refractivity (Wildman–Crippen MR) is 93.3 cm³/mol. The summed E-state index contributed by atoms with van der Waals surface area (Å²) in [5, 5.41) is 2.22. The Morgan fingerprint density at radius 3 is 2.64 bits per heavy atom. The van der Waals surface area contributed by atoms with Gasteiger partial charge in [0.25, 0.3) is 0 Å². The Bertz CT molecular complexity index is 837. The highest BCUT2D eigenvalue weighted by Crippen LogP contribution is 2.17. The first-order valence-electron chi connectivity index (χ1n) is 6.96. The first-order chi connectivity index (χ1) is 10.8. The number of carbonyl (C=O) groups is 1. The highest BCUT2D eigenvalue weighted by Gasteiger charge is 2.01. The van der Waals surface area contributed by atoms with Crippen molar-refractivity contribution in [2.45, 2.75) is 4.90 Å². The van der Waals surface area contributed by atoms with E-state index >= 15 is 0 Å². The third-order valence-corrected chi connectivity index (χ3v) is 4.21. The third kappa shape index (κ3) is 3.26. The van der Waals surface area contributed by atoms with E-state index in [1.165, 1.54) is 0 Å². The zero-order valence-electron chi connectivity index (χ0n) is 12.2. The largest absolute Gasteiger partial charge is 0.289 e. The van der Waals surface area contributed by atoms with Crippen LogP contribution in [-0.2, 0) is 0 Å². The van der Waals surface area contributed by atoms with Gasteiger partial charge in [0, 0.05) is 28.2 Å². The van der Waals surface area contributed by atoms with Gasteiger partial charge < -0.3 is 0 Å². The maximum Gasteiger partial charge on any atom is 0.185 e. The van der Waals surface area contributed by atoms with Crippen molar-refractivity contribution in [1.29, 1.82) is 0 Å². The summed E-state index contributed by atoms with van der Waals surface area (Å²) in [5.74, 6) is 0.0162. The van der Waals surface area contributed by atoms with Gasteiger partial charge in [-0.05, 0) is 59.7 Å². The molecule has 2 nitrogen and oxygen atoms in total. The number of hydrogen-bond acceptors (Lipinski definition) is 3. The van der Waals surface area contributed by atoms with E-state index in [-0.39, 0.29) is 5.78 Å². The average Bonchev–Trinajstić information content (AvgIpc) is 2.59. The van der Waals surface area contributed by atoms with Crippen LogP contribution in [0.5, 0.6) is 0 Å². The normalized spacial score (nSPS) is 11.1. The van der Waals surface area contributed by atoms with Gasteiger partial charge in [-0.3, -0.25) is 9.78 Å². The second kappa shape index (κ2) is 6.58. The molecular formula is C19H15NOS. The zero-order valence-corrected chi connectivity index (χ0v) is 13.0. The maximum atomic E-state index is 12.2. The molecule has 1 aromatic heterocycles. The Balaban J connectivity index is 1.80. The number of thioether (sulfide) groups is 1. The molecule has 0 fully saturated rings. The van der Waals surface area contributed by atoms with E-state index in [9.17, 15) is 4.79 Å². The van der Waals surface area contributed by atoms with Crippen molar-refractivity contribution in [3.63, 3.8) is 0 Å². The molecule has 0 bridgehead atoms. The molecule has 3 aromatic rings. The molecule has 2 aromatic carbocycles. The highest BCUT2D eigenvalue weighted by atomic mass is 32.2. The summed E-state index contributed by atoms with van der Waals surface area (Å²) in [6.07, 6.45) is 9.10. The van der Waals surface area contributed by atoms with Gasteiger partial charge in [-0.25, -0.2) is 0 Å². The second-order valence-corrected chi connectivity index (χ2v) is 5.79. The predicted octanol–water partition coefficient (Wildman–Crippen LogP) is 4.85. The standard InChI is InChI=1S/C19H15NOS/c1-22-18-7-5-15(6-8-18)19(21)9-3-14-2-4-17-13-20-11-10-16(17)12-14/h2-13H,1H3/b9-3+. The van der Waals surface area contributed by atoms with Gasteiger partial charge in [-0.2, -0.15) is 0 Å². The summed E-state index contributed by atoms with van der Waals surface area (Å²) < 4.78 is 0. The molecule has 0 amide bonds. The van der Waals surface area contributed by atoms with Crippen molar-refractivity contribution < 1.29 is 4.79 Å². The number of aromatic nitrogens is 1. The molecule has 3 heteroatoms. The van der Waals surface area contributed by atoms with Gasteiger partial charge in [-0.1, -0.05) is 18.2 Å². The van der Waals surface area contributed by atoms with Crippen LogP contribution in [0.25, 0.3) is 16.8 Å². The molecule has 0 N–H and O–H groups in total. The lowest BCUT2D eigenvalue weighted by molar-refractivity contribution is 0.104. The number of allylic oxidation sites excluding steroid dienone is 1. The molecule has 0 unspecified atom stereocenters. The number of benzene rings is 2. The smallest absolute Gasteiger partial charge is 0.185 e. The quantitative estimate of drug-likeness (QED) is 0.392. The number of nitrogens with zero attached hydrogens (tertiary/aromatic N) is 1. The van der Waals surface area contributed by atoms with Crippen LogP contribution in [0.15, 0.2) is 71.9 Å². The topological polar surface area (TPSA) is 30.0 Å². The van der Waals surface area contributed by atoms with Crippen molar-refractivity contribution in [2.24, 2.45) is 0 Å². The Morgan fingerprint density at radius 2 is 1.86 bits per heavy atom. The third-order valence-electron chi connectivity index (χ3n) is 3.47. The Labute approximate surface area is 133 Å². The lowest BCUT2D eigenvalue weighted by atomic mass is 10.1. The van der Waals surface area contributed by atoms with Crippen molar-refractivity contribution in [2.75, 3.05) is 6.26 Å². The van der Waals surface area contributed by atoms with Crippen molar-refractivity contribution >= 4 is 34.4 Å². The summed E-state index contributed by atoms with van der Waals surface area (Å²) in [6.45, 7) is 0. The van der Waals surface area contributed by atoms with E-state index in [0.29, 0.717) is 5.56 Å². The van der Waals surface area contributed by atoms with E-state index in [1.54, 1.807) is 24.0 Å². The number of rotatable bonds is 4. The van der Waals surface area contributed by atoms with Crippen LogP contribution >= 0.6 is 11.8 Å². The van der Waals surface area contributed by atoms with Gasteiger partial charge in [0.2, 0.25) is 0 Å². The minimum Gasteiger partial charge on any atom is -0.289 e. The SMILES string of the molecule is CSc1ccc(C(=O)/C=C/c2ccc3cnccc3c2)cc1. The Kier molecular flexibility index (Phi) is 4.35.